The Kier molecular flexibility index (Phi) is 9.44. The van der Waals surface area contributed by atoms with Crippen LogP contribution in [0, 0.1) is 10.5 Å². The van der Waals surface area contributed by atoms with Crippen molar-refractivity contribution in [3.63, 3.8) is 0 Å². The maximum atomic E-state index is 13.0. The van der Waals surface area contributed by atoms with Crippen molar-refractivity contribution >= 4 is 34.4 Å². The number of nitrogens with zero attached hydrogens (tertiary/aromatic N) is 1. The zero-order valence-electron chi connectivity index (χ0n) is 17.3. The third kappa shape index (κ3) is 7.68. The van der Waals surface area contributed by atoms with Crippen molar-refractivity contribution in [2.24, 2.45) is 0 Å². The number of halogens is 1. The molecule has 1 N–H and O–H groups in total. The van der Waals surface area contributed by atoms with E-state index < -0.39 is 6.04 Å². The van der Waals surface area contributed by atoms with E-state index in [1.54, 1.807) is 11.8 Å². The molecule has 0 bridgehead atoms. The number of rotatable bonds is 10. The molecule has 0 spiro atoms. The minimum absolute atomic E-state index is 0.112. The van der Waals surface area contributed by atoms with E-state index in [0.717, 1.165) is 27.5 Å². The van der Waals surface area contributed by atoms with Crippen molar-refractivity contribution in [2.45, 2.75) is 46.2 Å². The molecule has 156 valence electrons. The van der Waals surface area contributed by atoms with Gasteiger partial charge >= 0.3 is 0 Å². The lowest BCUT2D eigenvalue weighted by Gasteiger charge is -2.28. The highest BCUT2D eigenvalue weighted by molar-refractivity contribution is 14.1. The van der Waals surface area contributed by atoms with Gasteiger partial charge in [-0.3, -0.25) is 9.59 Å². The van der Waals surface area contributed by atoms with Crippen molar-refractivity contribution in [3.8, 4) is 5.75 Å². The molecule has 0 fully saturated rings. The molecule has 0 aliphatic carbocycles. The van der Waals surface area contributed by atoms with Crippen LogP contribution >= 0.6 is 22.6 Å². The zero-order valence-corrected chi connectivity index (χ0v) is 19.4. The maximum absolute atomic E-state index is 13.0. The van der Waals surface area contributed by atoms with Crippen LogP contribution in [0.3, 0.4) is 0 Å². The molecule has 2 amide bonds. The van der Waals surface area contributed by atoms with Gasteiger partial charge in [0, 0.05) is 16.7 Å². The number of carbonyl (C=O) groups excluding carboxylic acids is 2. The number of ether oxygens (including phenoxy) is 1. The van der Waals surface area contributed by atoms with Crippen LogP contribution in [-0.2, 0) is 16.1 Å². The monoisotopic (exact) mass is 508 g/mol. The van der Waals surface area contributed by atoms with Gasteiger partial charge in [-0.05, 0) is 72.7 Å². The van der Waals surface area contributed by atoms with Gasteiger partial charge in [0.15, 0.2) is 6.61 Å². The Morgan fingerprint density at radius 3 is 2.38 bits per heavy atom. The van der Waals surface area contributed by atoms with Crippen molar-refractivity contribution in [3.05, 3.63) is 63.2 Å². The van der Waals surface area contributed by atoms with Gasteiger partial charge in [-0.25, -0.2) is 0 Å². The fourth-order valence-corrected chi connectivity index (χ4v) is 3.13. The molecule has 1 atom stereocenters. The van der Waals surface area contributed by atoms with E-state index in [4.69, 9.17) is 4.74 Å². The molecule has 0 saturated heterocycles. The lowest BCUT2D eigenvalue weighted by molar-refractivity contribution is -0.142. The first-order valence-corrected chi connectivity index (χ1v) is 11.0. The van der Waals surface area contributed by atoms with Gasteiger partial charge in [0.25, 0.3) is 5.91 Å². The predicted molar refractivity (Wildman–Crippen MR) is 124 cm³/mol. The van der Waals surface area contributed by atoms with Crippen LogP contribution in [0.25, 0.3) is 0 Å². The fraction of sp³-hybridized carbons (Fsp3) is 0.391. The third-order valence-corrected chi connectivity index (χ3v) is 5.37. The van der Waals surface area contributed by atoms with E-state index in [2.05, 4.69) is 34.8 Å². The minimum Gasteiger partial charge on any atom is -0.484 e. The van der Waals surface area contributed by atoms with Crippen LogP contribution in [0.5, 0.6) is 5.75 Å². The van der Waals surface area contributed by atoms with E-state index in [1.807, 2.05) is 55.5 Å². The van der Waals surface area contributed by atoms with Crippen LogP contribution in [0.4, 0.5) is 0 Å². The number of amides is 2. The Morgan fingerprint density at radius 2 is 1.76 bits per heavy atom. The summed E-state index contributed by atoms with van der Waals surface area (Å²) in [7, 11) is 0. The maximum Gasteiger partial charge on any atom is 0.261 e. The van der Waals surface area contributed by atoms with Gasteiger partial charge in [-0.1, -0.05) is 43.2 Å². The number of benzene rings is 2. The van der Waals surface area contributed by atoms with Crippen LogP contribution in [0.15, 0.2) is 48.5 Å². The highest BCUT2D eigenvalue weighted by Crippen LogP contribution is 2.15. The number of hydrogen-bond acceptors (Lipinski definition) is 3. The Labute approximate surface area is 187 Å². The Hall–Kier alpha value is -2.09. The molecule has 0 radical (unpaired) electrons. The van der Waals surface area contributed by atoms with Crippen LogP contribution in [0.1, 0.15) is 37.8 Å². The van der Waals surface area contributed by atoms with E-state index in [-0.39, 0.29) is 18.4 Å². The van der Waals surface area contributed by atoms with Gasteiger partial charge in [0.2, 0.25) is 5.91 Å². The molecule has 1 unspecified atom stereocenters. The van der Waals surface area contributed by atoms with Gasteiger partial charge in [-0.2, -0.15) is 0 Å². The van der Waals surface area contributed by atoms with E-state index in [9.17, 15) is 9.59 Å². The number of unbranched alkanes of at least 4 members (excludes halogenated alkanes) is 1. The van der Waals surface area contributed by atoms with Gasteiger partial charge in [0.1, 0.15) is 11.8 Å². The summed E-state index contributed by atoms with van der Waals surface area (Å²) in [5.41, 5.74) is 2.13. The molecule has 29 heavy (non-hydrogen) atoms. The summed E-state index contributed by atoms with van der Waals surface area (Å²) in [6, 6.07) is 14.9. The third-order valence-electron chi connectivity index (χ3n) is 4.65. The normalized spacial score (nSPS) is 11.6. The Morgan fingerprint density at radius 1 is 1.10 bits per heavy atom. The van der Waals surface area contributed by atoms with Crippen molar-refractivity contribution < 1.29 is 14.3 Å². The first-order chi connectivity index (χ1) is 13.9. The number of nitrogens with one attached hydrogen (secondary N) is 1. The van der Waals surface area contributed by atoms with Crippen LogP contribution in [0.2, 0.25) is 0 Å². The first-order valence-electron chi connectivity index (χ1n) is 9.91. The predicted octanol–water partition coefficient (Wildman–Crippen LogP) is 4.31. The van der Waals surface area contributed by atoms with E-state index in [1.165, 1.54) is 0 Å². The van der Waals surface area contributed by atoms with Crippen molar-refractivity contribution in [1.82, 2.24) is 10.2 Å². The average Bonchev–Trinajstić information content (AvgIpc) is 2.72. The first kappa shape index (κ1) is 23.2. The molecular weight excluding hydrogens is 479 g/mol. The second kappa shape index (κ2) is 11.8. The smallest absolute Gasteiger partial charge is 0.261 e. The Balaban J connectivity index is 2.08. The number of carbonyl (C=O) groups is 2. The zero-order chi connectivity index (χ0) is 21.2. The standard InChI is InChI=1S/C23H29IN2O3/c1-4-5-14-25-23(28)18(3)26(15-19-8-6-17(2)7-9-19)22(27)16-29-21-12-10-20(24)11-13-21/h6-13,18H,4-5,14-16H2,1-3H3,(H,25,28). The highest BCUT2D eigenvalue weighted by Gasteiger charge is 2.26. The topological polar surface area (TPSA) is 58.6 Å². The number of aryl methyl sites for hydroxylation is 1. The molecule has 6 heteroatoms. The lowest BCUT2D eigenvalue weighted by atomic mass is 10.1. The van der Waals surface area contributed by atoms with Crippen molar-refractivity contribution in [2.75, 3.05) is 13.2 Å². The summed E-state index contributed by atoms with van der Waals surface area (Å²) in [4.78, 5) is 27.1. The quantitative estimate of drug-likeness (QED) is 0.385. The summed E-state index contributed by atoms with van der Waals surface area (Å²) in [5, 5.41) is 2.92. The van der Waals surface area contributed by atoms with Gasteiger partial charge in [-0.15, -0.1) is 0 Å². The molecule has 0 heterocycles. The molecule has 2 aromatic carbocycles. The summed E-state index contributed by atoms with van der Waals surface area (Å²) in [6.07, 6.45) is 1.92. The summed E-state index contributed by atoms with van der Waals surface area (Å²) in [5.74, 6) is 0.268. The van der Waals surface area contributed by atoms with Gasteiger partial charge in [0.05, 0.1) is 0 Å². The summed E-state index contributed by atoms with van der Waals surface area (Å²) < 4.78 is 6.76. The van der Waals surface area contributed by atoms with E-state index in [0.29, 0.717) is 18.8 Å². The average molecular weight is 508 g/mol. The second-order valence-electron chi connectivity index (χ2n) is 7.07. The SMILES string of the molecule is CCCCNC(=O)C(C)N(Cc1ccc(C)cc1)C(=O)COc1ccc(I)cc1. The van der Waals surface area contributed by atoms with E-state index >= 15 is 0 Å². The lowest BCUT2D eigenvalue weighted by Crippen LogP contribution is -2.49. The van der Waals surface area contributed by atoms with Crippen LogP contribution in [-0.4, -0.2) is 35.9 Å². The molecule has 5 nitrogen and oxygen atoms in total. The summed E-state index contributed by atoms with van der Waals surface area (Å²) in [6.45, 7) is 6.72. The molecular formula is C23H29IN2O3. The molecule has 2 rings (SSSR count). The highest BCUT2D eigenvalue weighted by atomic mass is 127. The summed E-state index contributed by atoms with van der Waals surface area (Å²) >= 11 is 2.22. The minimum atomic E-state index is -0.582. The fourth-order valence-electron chi connectivity index (χ4n) is 2.77. The van der Waals surface area contributed by atoms with Crippen LogP contribution < -0.4 is 10.1 Å². The Bertz CT molecular complexity index is 791. The largest absolute Gasteiger partial charge is 0.484 e. The molecule has 0 aromatic heterocycles. The molecule has 0 aliphatic heterocycles. The van der Waals surface area contributed by atoms with Crippen molar-refractivity contribution in [1.29, 1.82) is 0 Å². The van der Waals surface area contributed by atoms with Gasteiger partial charge < -0.3 is 15.0 Å². The number of hydrogen-bond donors (Lipinski definition) is 1. The molecule has 2 aromatic rings. The second-order valence-corrected chi connectivity index (χ2v) is 8.32. The molecule has 0 saturated carbocycles. The molecule has 0 aliphatic rings.